The van der Waals surface area contributed by atoms with E-state index in [0.717, 1.165) is 43.1 Å². The third kappa shape index (κ3) is 5.11. The van der Waals surface area contributed by atoms with Crippen molar-refractivity contribution in [3.05, 3.63) is 96.1 Å². The van der Waals surface area contributed by atoms with E-state index in [1.165, 1.54) is 10.6 Å². The van der Waals surface area contributed by atoms with Crippen LogP contribution in [0.2, 0.25) is 0 Å². The summed E-state index contributed by atoms with van der Waals surface area (Å²) in [5.74, 6) is 0.963. The van der Waals surface area contributed by atoms with Gasteiger partial charge in [0.1, 0.15) is 5.75 Å². The van der Waals surface area contributed by atoms with E-state index in [4.69, 9.17) is 4.74 Å². The lowest BCUT2D eigenvalue weighted by atomic mass is 9.98. The maximum absolute atomic E-state index is 13.3. The highest BCUT2D eigenvalue weighted by Gasteiger charge is 2.31. The first-order valence-corrected chi connectivity index (χ1v) is 11.3. The Morgan fingerprint density at radius 2 is 1.41 bits per heavy atom. The maximum Gasteiger partial charge on any atom is 0.278 e. The number of ether oxygens (including phenoxy) is 1. The molecule has 0 aliphatic carbocycles. The minimum Gasteiger partial charge on any atom is -0.497 e. The highest BCUT2D eigenvalue weighted by Crippen LogP contribution is 2.22. The zero-order valence-corrected chi connectivity index (χ0v) is 18.8. The number of carbonyl (C=O) groups excluding carboxylic acids is 1. The molecule has 0 saturated carbocycles. The predicted molar refractivity (Wildman–Crippen MR) is 128 cm³/mol. The molecule has 2 N–H and O–H groups in total. The number of hydrogen-bond donors (Lipinski definition) is 2. The van der Waals surface area contributed by atoms with Gasteiger partial charge >= 0.3 is 0 Å². The van der Waals surface area contributed by atoms with Gasteiger partial charge in [-0.1, -0.05) is 60.7 Å². The Bertz CT molecular complexity index is 945. The molecule has 0 aromatic heterocycles. The molecule has 0 radical (unpaired) electrons. The van der Waals surface area contributed by atoms with Crippen molar-refractivity contribution in [3.8, 4) is 5.75 Å². The van der Waals surface area contributed by atoms with Crippen LogP contribution in [0.5, 0.6) is 5.75 Å². The summed E-state index contributed by atoms with van der Waals surface area (Å²) >= 11 is 0. The quantitative estimate of drug-likeness (QED) is 0.606. The molecule has 1 fully saturated rings. The minimum absolute atomic E-state index is 0.0932. The molecule has 4 rings (SSSR count). The fraction of sp³-hybridized carbons (Fsp3) is 0.296. The van der Waals surface area contributed by atoms with E-state index in [1.807, 2.05) is 55.5 Å². The van der Waals surface area contributed by atoms with E-state index in [1.54, 1.807) is 7.11 Å². The Morgan fingerprint density at radius 1 is 0.875 bits per heavy atom. The first-order valence-electron chi connectivity index (χ1n) is 11.3. The van der Waals surface area contributed by atoms with Gasteiger partial charge in [-0.15, -0.1) is 0 Å². The van der Waals surface area contributed by atoms with Crippen LogP contribution in [0.15, 0.2) is 84.9 Å². The van der Waals surface area contributed by atoms with Crippen LogP contribution >= 0.6 is 0 Å². The second-order valence-corrected chi connectivity index (χ2v) is 8.33. The van der Waals surface area contributed by atoms with Crippen LogP contribution in [0, 0.1) is 0 Å². The largest absolute Gasteiger partial charge is 0.497 e. The molecule has 1 aliphatic heterocycles. The van der Waals surface area contributed by atoms with Crippen LogP contribution < -0.4 is 19.9 Å². The number of anilines is 1. The van der Waals surface area contributed by atoms with Crippen LogP contribution in [0.25, 0.3) is 0 Å². The average Bonchev–Trinajstić information content (AvgIpc) is 2.88. The molecule has 3 aromatic rings. The molecule has 0 spiro atoms. The number of amides is 1. The van der Waals surface area contributed by atoms with E-state index in [0.29, 0.717) is 0 Å². The number of rotatable bonds is 7. The summed E-state index contributed by atoms with van der Waals surface area (Å²) in [5.41, 5.74) is 3.40. The SMILES string of the molecule is COc1ccc(N2CC[NH+]([C@@H](C)C(=O)NC(c3ccccc3)c3ccccc3)CC2)cc1. The molecule has 0 bridgehead atoms. The van der Waals surface area contributed by atoms with Crippen molar-refractivity contribution in [2.45, 2.75) is 19.0 Å². The molecule has 1 heterocycles. The Kier molecular flexibility index (Phi) is 7.07. The van der Waals surface area contributed by atoms with Crippen LogP contribution in [-0.4, -0.2) is 45.2 Å². The standard InChI is InChI=1S/C27H31N3O2/c1-21(29-17-19-30(20-18-29)24-13-15-25(32-2)16-14-24)27(31)28-26(22-9-5-3-6-10-22)23-11-7-4-8-12-23/h3-16,21,26H,17-20H2,1-2H3,(H,28,31)/p+1/t21-/m0/s1. The summed E-state index contributed by atoms with van der Waals surface area (Å²) in [6.45, 7) is 5.77. The van der Waals surface area contributed by atoms with Crippen molar-refractivity contribution >= 4 is 11.6 Å². The average molecular weight is 431 g/mol. The first-order chi connectivity index (χ1) is 15.7. The lowest BCUT2D eigenvalue weighted by Gasteiger charge is -2.36. The summed E-state index contributed by atoms with van der Waals surface area (Å²) in [7, 11) is 1.68. The molecule has 1 aliphatic rings. The predicted octanol–water partition coefficient (Wildman–Crippen LogP) is 2.69. The van der Waals surface area contributed by atoms with Crippen LogP contribution in [-0.2, 0) is 4.79 Å². The second kappa shape index (κ2) is 10.3. The topological polar surface area (TPSA) is 46.0 Å². The van der Waals surface area contributed by atoms with Gasteiger partial charge in [0, 0.05) is 5.69 Å². The zero-order valence-electron chi connectivity index (χ0n) is 18.8. The molecular weight excluding hydrogens is 398 g/mol. The first kappa shape index (κ1) is 21.9. The lowest BCUT2D eigenvalue weighted by molar-refractivity contribution is -0.914. The van der Waals surface area contributed by atoms with E-state index in [-0.39, 0.29) is 18.0 Å². The van der Waals surface area contributed by atoms with Gasteiger partial charge in [0.15, 0.2) is 6.04 Å². The molecule has 1 atom stereocenters. The van der Waals surface area contributed by atoms with E-state index in [9.17, 15) is 4.79 Å². The van der Waals surface area contributed by atoms with Gasteiger partial charge in [-0.2, -0.15) is 0 Å². The molecule has 1 amide bonds. The fourth-order valence-electron chi connectivity index (χ4n) is 4.38. The van der Waals surface area contributed by atoms with Gasteiger partial charge < -0.3 is 19.9 Å². The van der Waals surface area contributed by atoms with Crippen molar-refractivity contribution in [2.75, 3.05) is 38.2 Å². The number of nitrogens with one attached hydrogen (secondary N) is 2. The number of carbonyl (C=O) groups is 1. The Balaban J connectivity index is 1.39. The Labute approximate surface area is 190 Å². The number of quaternary nitrogens is 1. The smallest absolute Gasteiger partial charge is 0.278 e. The summed E-state index contributed by atoms with van der Waals surface area (Å²) in [6, 6.07) is 28.3. The number of hydrogen-bond acceptors (Lipinski definition) is 3. The Hall–Kier alpha value is -3.31. The number of nitrogens with zero attached hydrogens (tertiary/aromatic N) is 1. The molecule has 5 heteroatoms. The van der Waals surface area contributed by atoms with Crippen molar-refractivity contribution in [1.82, 2.24) is 5.32 Å². The summed E-state index contributed by atoms with van der Waals surface area (Å²) in [6.07, 6.45) is 0. The number of methoxy groups -OCH3 is 1. The summed E-state index contributed by atoms with van der Waals surface area (Å²) < 4.78 is 5.26. The van der Waals surface area contributed by atoms with Crippen LogP contribution in [0.3, 0.4) is 0 Å². The zero-order chi connectivity index (χ0) is 22.3. The van der Waals surface area contributed by atoms with Crippen LogP contribution in [0.4, 0.5) is 5.69 Å². The third-order valence-electron chi connectivity index (χ3n) is 6.40. The number of piperazine rings is 1. The Morgan fingerprint density at radius 3 is 1.91 bits per heavy atom. The minimum atomic E-state index is -0.146. The molecule has 1 saturated heterocycles. The van der Waals surface area contributed by atoms with Crippen molar-refractivity contribution < 1.29 is 14.4 Å². The number of benzene rings is 3. The monoisotopic (exact) mass is 430 g/mol. The van der Waals surface area contributed by atoms with E-state index < -0.39 is 0 Å². The molecule has 0 unspecified atom stereocenters. The summed E-state index contributed by atoms with van der Waals surface area (Å²) in [4.78, 5) is 17.0. The lowest BCUT2D eigenvalue weighted by Crippen LogP contribution is -3.19. The fourth-order valence-corrected chi connectivity index (χ4v) is 4.38. The van der Waals surface area contributed by atoms with Gasteiger partial charge in [-0.05, 0) is 42.3 Å². The molecule has 32 heavy (non-hydrogen) atoms. The van der Waals surface area contributed by atoms with Crippen LogP contribution in [0.1, 0.15) is 24.1 Å². The molecule has 5 nitrogen and oxygen atoms in total. The van der Waals surface area contributed by atoms with Gasteiger partial charge in [0.2, 0.25) is 0 Å². The van der Waals surface area contributed by atoms with E-state index in [2.05, 4.69) is 46.6 Å². The second-order valence-electron chi connectivity index (χ2n) is 8.33. The van der Waals surface area contributed by atoms with Gasteiger partial charge in [0.05, 0.1) is 39.3 Å². The van der Waals surface area contributed by atoms with E-state index >= 15 is 0 Å². The maximum atomic E-state index is 13.3. The van der Waals surface area contributed by atoms with Crippen molar-refractivity contribution in [3.63, 3.8) is 0 Å². The van der Waals surface area contributed by atoms with Gasteiger partial charge in [-0.3, -0.25) is 4.79 Å². The molecule has 3 aromatic carbocycles. The highest BCUT2D eigenvalue weighted by molar-refractivity contribution is 5.81. The van der Waals surface area contributed by atoms with Gasteiger partial charge in [0.25, 0.3) is 5.91 Å². The molecule has 166 valence electrons. The van der Waals surface area contributed by atoms with Crippen molar-refractivity contribution in [2.24, 2.45) is 0 Å². The summed E-state index contributed by atoms with van der Waals surface area (Å²) in [5, 5.41) is 3.31. The van der Waals surface area contributed by atoms with Gasteiger partial charge in [-0.25, -0.2) is 0 Å². The molecular formula is C27H32N3O2+. The highest BCUT2D eigenvalue weighted by atomic mass is 16.5. The van der Waals surface area contributed by atoms with Crippen molar-refractivity contribution in [1.29, 1.82) is 0 Å². The third-order valence-corrected chi connectivity index (χ3v) is 6.40. The normalized spacial score (nSPS) is 15.4.